The first-order valence-corrected chi connectivity index (χ1v) is 14.5. The fraction of sp³-hybridized carbons (Fsp3) is 0.516. The second-order valence-corrected chi connectivity index (χ2v) is 12.5. The standard InChI is InChI=1S/C31H37F3N6O2/c1-20(2)28-16-37(4)8-9-38(28)14-22-10-25-26(27(11-22)31(32,33)34)15-40(29(25)41)24-7-5-6-23(12-24)30(18-42-19-30)17-39-13-21(3)35-36-39/h5-7,10-13,20,28H,8-9,14-19H2,1-4H3/t28-/m1/s1. The van der Waals surface area contributed by atoms with E-state index in [1.54, 1.807) is 16.8 Å². The van der Waals surface area contributed by atoms with E-state index < -0.39 is 17.6 Å². The summed E-state index contributed by atoms with van der Waals surface area (Å²) in [6, 6.07) is 10.7. The van der Waals surface area contributed by atoms with Crippen molar-refractivity contribution in [2.45, 2.75) is 58.0 Å². The third-order valence-corrected chi connectivity index (χ3v) is 8.94. The molecule has 42 heavy (non-hydrogen) atoms. The third kappa shape index (κ3) is 5.33. The molecule has 2 saturated heterocycles. The fourth-order valence-electron chi connectivity index (χ4n) is 6.56. The number of likely N-dealkylation sites (N-methyl/N-ethyl adjacent to an activating group) is 1. The number of piperazine rings is 1. The summed E-state index contributed by atoms with van der Waals surface area (Å²) in [4.78, 5) is 19.7. The van der Waals surface area contributed by atoms with Crippen LogP contribution in [0.5, 0.6) is 0 Å². The molecule has 0 unspecified atom stereocenters. The Hall–Kier alpha value is -3.28. The summed E-state index contributed by atoms with van der Waals surface area (Å²) >= 11 is 0. The van der Waals surface area contributed by atoms with Crippen LogP contribution < -0.4 is 4.90 Å². The Morgan fingerprint density at radius 3 is 2.57 bits per heavy atom. The van der Waals surface area contributed by atoms with Crippen molar-refractivity contribution >= 4 is 11.6 Å². The number of hydrogen-bond acceptors (Lipinski definition) is 6. The fourth-order valence-corrected chi connectivity index (χ4v) is 6.56. The number of benzene rings is 2. The normalized spacial score (nSPS) is 21.2. The Kier molecular flexibility index (Phi) is 7.39. The quantitative estimate of drug-likeness (QED) is 0.409. The van der Waals surface area contributed by atoms with Crippen molar-refractivity contribution in [1.29, 1.82) is 0 Å². The number of halogens is 3. The van der Waals surface area contributed by atoms with Crippen LogP contribution in [-0.4, -0.2) is 76.6 Å². The molecule has 11 heteroatoms. The van der Waals surface area contributed by atoms with Crippen LogP contribution in [0.15, 0.2) is 42.6 Å². The van der Waals surface area contributed by atoms with E-state index in [-0.39, 0.29) is 29.1 Å². The zero-order valence-corrected chi connectivity index (χ0v) is 24.5. The summed E-state index contributed by atoms with van der Waals surface area (Å²) in [6.45, 7) is 10.4. The zero-order chi connectivity index (χ0) is 29.8. The SMILES string of the molecule is Cc1cn(CC2(c3cccc(N4Cc5c(cc(CN6CCN(C)C[C@@H]6C(C)C)cc5C(F)(F)F)C4=O)c3)COC2)nn1. The molecular weight excluding hydrogens is 545 g/mol. The predicted molar refractivity (Wildman–Crippen MR) is 152 cm³/mol. The van der Waals surface area contributed by atoms with Gasteiger partial charge in [0.15, 0.2) is 0 Å². The molecule has 4 heterocycles. The van der Waals surface area contributed by atoms with Crippen molar-refractivity contribution in [3.05, 3.63) is 76.1 Å². The van der Waals surface area contributed by atoms with Crippen LogP contribution in [0.3, 0.4) is 0 Å². The first kappa shape index (κ1) is 28.8. The minimum atomic E-state index is -4.57. The summed E-state index contributed by atoms with van der Waals surface area (Å²) in [5.74, 6) is -0.0503. The molecule has 2 fully saturated rings. The highest BCUT2D eigenvalue weighted by Gasteiger charge is 2.43. The van der Waals surface area contributed by atoms with E-state index in [4.69, 9.17) is 4.74 Å². The van der Waals surface area contributed by atoms with Gasteiger partial charge >= 0.3 is 6.18 Å². The van der Waals surface area contributed by atoms with Gasteiger partial charge in [0.05, 0.1) is 43.0 Å². The van der Waals surface area contributed by atoms with E-state index in [2.05, 4.69) is 41.0 Å². The number of nitrogens with zero attached hydrogens (tertiary/aromatic N) is 6. The Balaban J connectivity index is 1.30. The van der Waals surface area contributed by atoms with Crippen LogP contribution in [0.1, 0.15) is 52.2 Å². The third-order valence-electron chi connectivity index (χ3n) is 8.94. The predicted octanol–water partition coefficient (Wildman–Crippen LogP) is 4.51. The topological polar surface area (TPSA) is 66.7 Å². The van der Waals surface area contributed by atoms with Crippen molar-refractivity contribution in [1.82, 2.24) is 24.8 Å². The van der Waals surface area contributed by atoms with Crippen molar-refractivity contribution in [3.63, 3.8) is 0 Å². The summed E-state index contributed by atoms with van der Waals surface area (Å²) in [6.07, 6.45) is -2.70. The Labute approximate surface area is 244 Å². The van der Waals surface area contributed by atoms with Gasteiger partial charge in [0.1, 0.15) is 0 Å². The molecule has 1 atom stereocenters. The van der Waals surface area contributed by atoms with Gasteiger partial charge in [-0.2, -0.15) is 13.2 Å². The molecule has 3 aliphatic rings. The van der Waals surface area contributed by atoms with Crippen molar-refractivity contribution in [2.24, 2.45) is 5.92 Å². The highest BCUT2D eigenvalue weighted by Crippen LogP contribution is 2.41. The summed E-state index contributed by atoms with van der Waals surface area (Å²) in [5, 5.41) is 8.26. The van der Waals surface area contributed by atoms with Gasteiger partial charge in [-0.15, -0.1) is 5.10 Å². The smallest absolute Gasteiger partial charge is 0.379 e. The second kappa shape index (κ2) is 10.8. The maximum Gasteiger partial charge on any atom is 0.416 e. The minimum absolute atomic E-state index is 0.0419. The number of aryl methyl sites for hydroxylation is 1. The van der Waals surface area contributed by atoms with Crippen LogP contribution in [0.25, 0.3) is 0 Å². The summed E-state index contributed by atoms with van der Waals surface area (Å²) < 4.78 is 50.6. The lowest BCUT2D eigenvalue weighted by atomic mass is 9.78. The molecule has 1 amide bonds. The molecule has 3 aromatic rings. The average molecular weight is 583 g/mol. The van der Waals surface area contributed by atoms with Crippen molar-refractivity contribution in [2.75, 3.05) is 44.8 Å². The maximum absolute atomic E-state index is 14.4. The van der Waals surface area contributed by atoms with E-state index in [1.165, 1.54) is 11.0 Å². The summed E-state index contributed by atoms with van der Waals surface area (Å²) in [5.41, 5.74) is 1.97. The molecule has 0 saturated carbocycles. The van der Waals surface area contributed by atoms with Crippen LogP contribution in [0.4, 0.5) is 18.9 Å². The summed E-state index contributed by atoms with van der Waals surface area (Å²) in [7, 11) is 2.07. The number of rotatable bonds is 7. The van der Waals surface area contributed by atoms with Gasteiger partial charge in [0.2, 0.25) is 0 Å². The number of ether oxygens (including phenoxy) is 1. The van der Waals surface area contributed by atoms with E-state index in [0.717, 1.165) is 30.9 Å². The molecule has 3 aliphatic heterocycles. The van der Waals surface area contributed by atoms with Crippen LogP contribution in [-0.2, 0) is 36.0 Å². The number of hydrogen-bond donors (Lipinski definition) is 0. The van der Waals surface area contributed by atoms with E-state index in [1.807, 2.05) is 31.3 Å². The average Bonchev–Trinajstić information content (AvgIpc) is 3.48. The van der Waals surface area contributed by atoms with Crippen LogP contribution in [0.2, 0.25) is 0 Å². The molecule has 0 radical (unpaired) electrons. The zero-order valence-electron chi connectivity index (χ0n) is 24.5. The van der Waals surface area contributed by atoms with E-state index >= 15 is 0 Å². The molecular formula is C31H37F3N6O2. The lowest BCUT2D eigenvalue weighted by Crippen LogP contribution is -2.53. The number of anilines is 1. The maximum atomic E-state index is 14.4. The molecule has 0 bridgehead atoms. The highest BCUT2D eigenvalue weighted by molar-refractivity contribution is 6.10. The number of carbonyl (C=O) groups excluding carboxylic acids is 1. The lowest BCUT2D eigenvalue weighted by molar-refractivity contribution is -0.138. The van der Waals surface area contributed by atoms with Crippen molar-refractivity contribution < 1.29 is 22.7 Å². The van der Waals surface area contributed by atoms with E-state index in [0.29, 0.717) is 43.5 Å². The van der Waals surface area contributed by atoms with Gasteiger partial charge in [-0.3, -0.25) is 14.4 Å². The van der Waals surface area contributed by atoms with Gasteiger partial charge < -0.3 is 14.5 Å². The van der Waals surface area contributed by atoms with Crippen LogP contribution in [0, 0.1) is 12.8 Å². The highest BCUT2D eigenvalue weighted by atomic mass is 19.4. The molecule has 8 nitrogen and oxygen atoms in total. The molecule has 1 aromatic heterocycles. The number of carbonyl (C=O) groups is 1. The molecule has 6 rings (SSSR count). The largest absolute Gasteiger partial charge is 0.416 e. The molecule has 2 aromatic carbocycles. The Morgan fingerprint density at radius 1 is 1.14 bits per heavy atom. The first-order valence-electron chi connectivity index (χ1n) is 14.5. The Morgan fingerprint density at radius 2 is 1.93 bits per heavy atom. The second-order valence-electron chi connectivity index (χ2n) is 12.5. The monoisotopic (exact) mass is 582 g/mol. The Bertz CT molecular complexity index is 1480. The van der Waals surface area contributed by atoms with Crippen LogP contribution >= 0.6 is 0 Å². The van der Waals surface area contributed by atoms with Gasteiger partial charge in [0, 0.05) is 49.7 Å². The number of fused-ring (bicyclic) bond motifs is 1. The number of alkyl halides is 3. The molecule has 0 aliphatic carbocycles. The molecule has 0 N–H and O–H groups in total. The molecule has 0 spiro atoms. The van der Waals surface area contributed by atoms with Gasteiger partial charge in [0.25, 0.3) is 5.91 Å². The van der Waals surface area contributed by atoms with Gasteiger partial charge in [-0.05, 0) is 60.8 Å². The minimum Gasteiger partial charge on any atom is -0.379 e. The van der Waals surface area contributed by atoms with Crippen molar-refractivity contribution in [3.8, 4) is 0 Å². The lowest BCUT2D eigenvalue weighted by Gasteiger charge is -2.42. The van der Waals surface area contributed by atoms with Gasteiger partial charge in [-0.1, -0.05) is 31.2 Å². The number of aromatic nitrogens is 3. The first-order chi connectivity index (χ1) is 19.9. The number of amides is 1. The van der Waals surface area contributed by atoms with E-state index in [9.17, 15) is 18.0 Å². The van der Waals surface area contributed by atoms with Gasteiger partial charge in [-0.25, -0.2) is 0 Å². The molecule has 224 valence electrons.